The summed E-state index contributed by atoms with van der Waals surface area (Å²) in [4.78, 5) is 5.63. The van der Waals surface area contributed by atoms with Gasteiger partial charge in [-0.1, -0.05) is 41.2 Å². The third kappa shape index (κ3) is 2.47. The van der Waals surface area contributed by atoms with Crippen molar-refractivity contribution in [1.82, 2.24) is 0 Å². The van der Waals surface area contributed by atoms with E-state index < -0.39 is 0 Å². The van der Waals surface area contributed by atoms with Crippen molar-refractivity contribution in [3.8, 4) is 6.07 Å². The molecule has 0 saturated heterocycles. The average Bonchev–Trinajstić information content (AvgIpc) is 2.82. The van der Waals surface area contributed by atoms with Crippen LogP contribution in [0.5, 0.6) is 0 Å². The summed E-state index contributed by atoms with van der Waals surface area (Å²) in [5.74, 6) is 0. The maximum absolute atomic E-state index is 9.35. The Hall–Kier alpha value is -1.99. The first-order valence-electron chi connectivity index (χ1n) is 5.43. The number of oxime groups is 1. The Morgan fingerprint density at radius 2 is 2.11 bits per heavy atom. The van der Waals surface area contributed by atoms with E-state index in [0.717, 1.165) is 21.1 Å². The van der Waals surface area contributed by atoms with E-state index in [4.69, 9.17) is 4.84 Å². The third-order valence-electron chi connectivity index (χ3n) is 2.55. The zero-order valence-electron chi connectivity index (χ0n) is 10.2. The Kier molecular flexibility index (Phi) is 3.85. The summed E-state index contributed by atoms with van der Waals surface area (Å²) in [7, 11) is 1.51. The van der Waals surface area contributed by atoms with Gasteiger partial charge in [0.2, 0.25) is 0 Å². The molecule has 0 aromatic heterocycles. The lowest BCUT2D eigenvalue weighted by atomic mass is 10.0. The van der Waals surface area contributed by atoms with Crippen LogP contribution in [0.1, 0.15) is 11.1 Å². The van der Waals surface area contributed by atoms with Crippen molar-refractivity contribution in [2.75, 3.05) is 7.11 Å². The topological polar surface area (TPSA) is 45.4 Å². The van der Waals surface area contributed by atoms with Gasteiger partial charge in [0.05, 0.1) is 5.57 Å². The molecule has 0 N–H and O–H groups in total. The van der Waals surface area contributed by atoms with Crippen molar-refractivity contribution in [2.45, 2.75) is 6.92 Å². The molecule has 0 atom stereocenters. The maximum Gasteiger partial charge on any atom is 0.140 e. The zero-order chi connectivity index (χ0) is 13.0. The molecule has 0 saturated carbocycles. The molecule has 0 aliphatic carbocycles. The van der Waals surface area contributed by atoms with Crippen LogP contribution in [-0.4, -0.2) is 12.2 Å². The summed E-state index contributed by atoms with van der Waals surface area (Å²) in [6.45, 7) is 2.00. The molecule has 0 spiro atoms. The van der Waals surface area contributed by atoms with Crippen LogP contribution >= 0.6 is 11.8 Å². The molecule has 0 bridgehead atoms. The highest BCUT2D eigenvalue weighted by Gasteiger charge is 2.16. The summed E-state index contributed by atoms with van der Waals surface area (Å²) >= 11 is 1.44. The van der Waals surface area contributed by atoms with Crippen LogP contribution in [0.2, 0.25) is 0 Å². The van der Waals surface area contributed by atoms with Crippen LogP contribution in [0.25, 0.3) is 5.57 Å². The molecule has 2 rings (SSSR count). The molecule has 1 aromatic rings. The molecule has 1 aliphatic heterocycles. The van der Waals surface area contributed by atoms with Gasteiger partial charge in [-0.3, -0.25) is 0 Å². The van der Waals surface area contributed by atoms with Gasteiger partial charge < -0.3 is 4.84 Å². The van der Waals surface area contributed by atoms with Crippen LogP contribution in [0.4, 0.5) is 0 Å². The molecule has 0 amide bonds. The Morgan fingerprint density at radius 3 is 2.78 bits per heavy atom. The first-order valence-corrected chi connectivity index (χ1v) is 6.25. The van der Waals surface area contributed by atoms with Gasteiger partial charge in [-0.05, 0) is 30.2 Å². The van der Waals surface area contributed by atoms with E-state index >= 15 is 0 Å². The molecule has 0 unspecified atom stereocenters. The molecule has 1 heterocycles. The Labute approximate surface area is 110 Å². The first kappa shape index (κ1) is 12.5. The van der Waals surface area contributed by atoms with Gasteiger partial charge in [0, 0.05) is 4.91 Å². The lowest BCUT2D eigenvalue weighted by Crippen LogP contribution is -1.89. The van der Waals surface area contributed by atoms with E-state index in [-0.39, 0.29) is 0 Å². The third-order valence-corrected chi connectivity index (χ3v) is 3.53. The second kappa shape index (κ2) is 5.56. The van der Waals surface area contributed by atoms with Gasteiger partial charge in [0.15, 0.2) is 0 Å². The van der Waals surface area contributed by atoms with Gasteiger partial charge in [-0.15, -0.1) is 0 Å². The number of nitrogens with zero attached hydrogens (tertiary/aromatic N) is 2. The number of rotatable bonds is 2. The Morgan fingerprint density at radius 1 is 1.33 bits per heavy atom. The van der Waals surface area contributed by atoms with Gasteiger partial charge in [0.25, 0.3) is 0 Å². The van der Waals surface area contributed by atoms with E-state index in [1.807, 2.05) is 43.3 Å². The van der Waals surface area contributed by atoms with Gasteiger partial charge in [-0.25, -0.2) is 0 Å². The Balaban J connectivity index is 2.43. The minimum atomic E-state index is 0.677. The highest BCUT2D eigenvalue weighted by molar-refractivity contribution is 8.18. The van der Waals surface area contributed by atoms with Crippen LogP contribution in [0, 0.1) is 18.3 Å². The number of aryl methyl sites for hydroxylation is 1. The SMILES string of the molecule is CON=C1C=C/C(=C(/C#N)c2ccccc2C)S1. The van der Waals surface area contributed by atoms with E-state index in [1.54, 1.807) is 0 Å². The van der Waals surface area contributed by atoms with Gasteiger partial charge in [-0.2, -0.15) is 5.26 Å². The predicted octanol–water partition coefficient (Wildman–Crippen LogP) is 3.49. The van der Waals surface area contributed by atoms with Crippen LogP contribution < -0.4 is 0 Å². The fourth-order valence-corrected chi connectivity index (χ4v) is 2.57. The van der Waals surface area contributed by atoms with Crippen LogP contribution in [0.15, 0.2) is 46.5 Å². The van der Waals surface area contributed by atoms with Crippen molar-refractivity contribution < 1.29 is 4.84 Å². The maximum atomic E-state index is 9.35. The van der Waals surface area contributed by atoms with E-state index in [9.17, 15) is 5.26 Å². The second-order valence-corrected chi connectivity index (χ2v) is 4.78. The lowest BCUT2D eigenvalue weighted by molar-refractivity contribution is 0.215. The first-order chi connectivity index (χ1) is 8.76. The Bertz CT molecular complexity index is 594. The molecule has 0 radical (unpaired) electrons. The lowest BCUT2D eigenvalue weighted by Gasteiger charge is -2.05. The molecule has 1 aromatic carbocycles. The number of nitriles is 1. The molecule has 0 fully saturated rings. The summed E-state index contributed by atoms with van der Waals surface area (Å²) < 4.78 is 0. The highest BCUT2D eigenvalue weighted by Crippen LogP contribution is 2.34. The summed E-state index contributed by atoms with van der Waals surface area (Å²) in [6.07, 6.45) is 3.74. The van der Waals surface area contributed by atoms with Crippen molar-refractivity contribution >= 4 is 22.4 Å². The van der Waals surface area contributed by atoms with E-state index in [2.05, 4.69) is 11.2 Å². The average molecular weight is 256 g/mol. The smallest absolute Gasteiger partial charge is 0.140 e. The summed E-state index contributed by atoms with van der Waals surface area (Å²) in [5.41, 5.74) is 2.73. The van der Waals surface area contributed by atoms with Crippen molar-refractivity contribution in [2.24, 2.45) is 5.16 Å². The number of benzene rings is 1. The summed E-state index contributed by atoms with van der Waals surface area (Å²) in [6, 6.07) is 10.1. The summed E-state index contributed by atoms with van der Waals surface area (Å²) in [5, 5.41) is 14.0. The minimum Gasteiger partial charge on any atom is -0.398 e. The molecule has 1 aliphatic rings. The number of allylic oxidation sites excluding steroid dienone is 2. The number of hydrogen-bond donors (Lipinski definition) is 0. The fourth-order valence-electron chi connectivity index (χ4n) is 1.70. The molecule has 3 nitrogen and oxygen atoms in total. The van der Waals surface area contributed by atoms with Gasteiger partial charge >= 0.3 is 0 Å². The second-order valence-electron chi connectivity index (χ2n) is 3.71. The molecular formula is C14H12N2OS. The monoisotopic (exact) mass is 256 g/mol. The van der Waals surface area contributed by atoms with Crippen LogP contribution in [-0.2, 0) is 4.84 Å². The van der Waals surface area contributed by atoms with Crippen LogP contribution in [0.3, 0.4) is 0 Å². The van der Waals surface area contributed by atoms with Gasteiger partial charge in [0.1, 0.15) is 18.2 Å². The number of hydrogen-bond acceptors (Lipinski definition) is 4. The number of thioether (sulfide) groups is 1. The zero-order valence-corrected chi connectivity index (χ0v) is 11.0. The fraction of sp³-hybridized carbons (Fsp3) is 0.143. The highest BCUT2D eigenvalue weighted by atomic mass is 32.2. The normalized spacial score (nSPS) is 18.8. The van der Waals surface area contributed by atoms with E-state index in [1.165, 1.54) is 18.9 Å². The molecule has 90 valence electrons. The van der Waals surface area contributed by atoms with E-state index in [0.29, 0.717) is 5.57 Å². The quantitative estimate of drug-likeness (QED) is 0.601. The standard InChI is InChI=1S/C14H12N2OS/c1-10-5-3-4-6-11(10)12(9-15)13-7-8-14(18-13)16-17-2/h3-8H,1-2H3/b13-12+,16-14?. The predicted molar refractivity (Wildman–Crippen MR) is 74.9 cm³/mol. The van der Waals surface area contributed by atoms with Crippen molar-refractivity contribution in [1.29, 1.82) is 5.26 Å². The largest absolute Gasteiger partial charge is 0.398 e. The van der Waals surface area contributed by atoms with Crippen molar-refractivity contribution in [3.05, 3.63) is 52.4 Å². The molecule has 18 heavy (non-hydrogen) atoms. The van der Waals surface area contributed by atoms with Crippen molar-refractivity contribution in [3.63, 3.8) is 0 Å². The minimum absolute atomic E-state index is 0.677. The molecular weight excluding hydrogens is 244 g/mol. The molecule has 4 heteroatoms.